The van der Waals surface area contributed by atoms with Crippen molar-refractivity contribution in [2.45, 2.75) is 19.8 Å². The van der Waals surface area contributed by atoms with Crippen molar-refractivity contribution >= 4 is 11.4 Å². The molecule has 0 aliphatic heterocycles. The van der Waals surface area contributed by atoms with E-state index in [2.05, 4.69) is 10.2 Å². The lowest BCUT2D eigenvalue weighted by Gasteiger charge is -2.06. The molecule has 0 atom stereocenters. The van der Waals surface area contributed by atoms with E-state index < -0.39 is 5.82 Å². The molecule has 0 radical (unpaired) electrons. The SMILES string of the molecule is CCCc1ccc(O)c(N=Nc2cccc(F)c2)c1O. The quantitative estimate of drug-likeness (QED) is 0.800. The first-order valence-corrected chi connectivity index (χ1v) is 6.33. The summed E-state index contributed by atoms with van der Waals surface area (Å²) < 4.78 is 13.0. The summed E-state index contributed by atoms with van der Waals surface area (Å²) in [6.45, 7) is 1.99. The Balaban J connectivity index is 2.35. The van der Waals surface area contributed by atoms with Gasteiger partial charge in [0.1, 0.15) is 17.3 Å². The van der Waals surface area contributed by atoms with Crippen LogP contribution in [0.3, 0.4) is 0 Å². The number of azo groups is 1. The number of aromatic hydroxyl groups is 2. The number of benzene rings is 2. The lowest BCUT2D eigenvalue weighted by atomic mass is 10.1. The molecule has 0 bridgehead atoms. The minimum atomic E-state index is -0.422. The highest BCUT2D eigenvalue weighted by Crippen LogP contribution is 2.39. The second-order valence-corrected chi connectivity index (χ2v) is 4.37. The predicted molar refractivity (Wildman–Crippen MR) is 74.3 cm³/mol. The fourth-order valence-electron chi connectivity index (χ4n) is 1.83. The van der Waals surface area contributed by atoms with Crippen molar-refractivity contribution in [3.63, 3.8) is 0 Å². The van der Waals surface area contributed by atoms with Crippen molar-refractivity contribution < 1.29 is 14.6 Å². The Kier molecular flexibility index (Phi) is 4.30. The minimum Gasteiger partial charge on any atom is -0.505 e. The maximum absolute atomic E-state index is 13.0. The Bertz CT molecular complexity index is 642. The van der Waals surface area contributed by atoms with Crippen molar-refractivity contribution in [1.29, 1.82) is 0 Å². The van der Waals surface area contributed by atoms with Crippen LogP contribution in [0.25, 0.3) is 0 Å². The van der Waals surface area contributed by atoms with Gasteiger partial charge in [-0.3, -0.25) is 0 Å². The smallest absolute Gasteiger partial charge is 0.169 e. The topological polar surface area (TPSA) is 65.2 Å². The third-order valence-corrected chi connectivity index (χ3v) is 2.81. The average molecular weight is 274 g/mol. The summed E-state index contributed by atoms with van der Waals surface area (Å²) in [4.78, 5) is 0. The Labute approximate surface area is 116 Å². The second kappa shape index (κ2) is 6.14. The first kappa shape index (κ1) is 14.0. The Hall–Kier alpha value is -2.43. The number of phenolic OH excluding ortho intramolecular Hbond substituents is 2. The molecule has 0 fully saturated rings. The van der Waals surface area contributed by atoms with Crippen molar-refractivity contribution in [3.05, 3.63) is 47.8 Å². The molecule has 20 heavy (non-hydrogen) atoms. The van der Waals surface area contributed by atoms with Crippen LogP contribution in [0.4, 0.5) is 15.8 Å². The van der Waals surface area contributed by atoms with Gasteiger partial charge in [0.05, 0.1) is 5.69 Å². The molecule has 2 N–H and O–H groups in total. The fraction of sp³-hybridized carbons (Fsp3) is 0.200. The van der Waals surface area contributed by atoms with Gasteiger partial charge in [0.2, 0.25) is 0 Å². The molecule has 0 spiro atoms. The highest BCUT2D eigenvalue weighted by atomic mass is 19.1. The largest absolute Gasteiger partial charge is 0.505 e. The number of nitrogens with zero attached hydrogens (tertiary/aromatic N) is 2. The predicted octanol–water partition coefficient (Wildman–Crippen LogP) is 4.60. The molecule has 2 aromatic carbocycles. The van der Waals surface area contributed by atoms with Crippen LogP contribution in [0.15, 0.2) is 46.6 Å². The second-order valence-electron chi connectivity index (χ2n) is 4.37. The standard InChI is InChI=1S/C15H15FN2O2/c1-2-4-10-7-8-13(19)14(15(10)20)18-17-12-6-3-5-11(16)9-12/h3,5-9,19-20H,2,4H2,1H3. The minimum absolute atomic E-state index is 0.000196. The van der Waals surface area contributed by atoms with E-state index in [1.54, 1.807) is 12.1 Å². The van der Waals surface area contributed by atoms with Crippen molar-refractivity contribution in [3.8, 4) is 11.5 Å². The van der Waals surface area contributed by atoms with Crippen molar-refractivity contribution in [1.82, 2.24) is 0 Å². The van der Waals surface area contributed by atoms with Gasteiger partial charge in [0.15, 0.2) is 5.69 Å². The van der Waals surface area contributed by atoms with Crippen molar-refractivity contribution in [2.24, 2.45) is 10.2 Å². The first-order valence-electron chi connectivity index (χ1n) is 6.33. The van der Waals surface area contributed by atoms with Crippen LogP contribution in [-0.2, 0) is 6.42 Å². The molecular formula is C15H15FN2O2. The number of phenols is 2. The molecule has 2 rings (SSSR count). The summed E-state index contributed by atoms with van der Waals surface area (Å²) in [5.41, 5.74) is 1.00. The van der Waals surface area contributed by atoms with Gasteiger partial charge in [0, 0.05) is 6.07 Å². The number of hydrogen-bond donors (Lipinski definition) is 2. The molecule has 0 aliphatic carbocycles. The Morgan fingerprint density at radius 1 is 1.10 bits per heavy atom. The molecule has 0 amide bonds. The van der Waals surface area contributed by atoms with Gasteiger partial charge < -0.3 is 10.2 Å². The van der Waals surface area contributed by atoms with Crippen LogP contribution in [0.2, 0.25) is 0 Å². The summed E-state index contributed by atoms with van der Waals surface area (Å²) in [6, 6.07) is 8.72. The van der Waals surface area contributed by atoms with E-state index in [0.717, 1.165) is 6.42 Å². The van der Waals surface area contributed by atoms with Crippen LogP contribution >= 0.6 is 0 Å². The molecule has 0 unspecified atom stereocenters. The summed E-state index contributed by atoms with van der Waals surface area (Å²) in [6.07, 6.45) is 1.54. The van der Waals surface area contributed by atoms with Crippen LogP contribution in [0.5, 0.6) is 11.5 Å². The molecule has 0 saturated heterocycles. The van der Waals surface area contributed by atoms with E-state index in [-0.39, 0.29) is 17.2 Å². The lowest BCUT2D eigenvalue weighted by molar-refractivity contribution is 0.448. The monoisotopic (exact) mass is 274 g/mol. The van der Waals surface area contributed by atoms with Gasteiger partial charge in [-0.15, -0.1) is 5.11 Å². The molecule has 0 heterocycles. The molecule has 2 aromatic rings. The number of hydrogen-bond acceptors (Lipinski definition) is 4. The van der Waals surface area contributed by atoms with Gasteiger partial charge in [-0.25, -0.2) is 4.39 Å². The molecule has 4 nitrogen and oxygen atoms in total. The molecule has 5 heteroatoms. The summed E-state index contributed by atoms with van der Waals surface area (Å²) in [7, 11) is 0. The molecular weight excluding hydrogens is 259 g/mol. The number of halogens is 1. The zero-order valence-corrected chi connectivity index (χ0v) is 11.0. The zero-order valence-electron chi connectivity index (χ0n) is 11.0. The third-order valence-electron chi connectivity index (χ3n) is 2.81. The molecule has 0 aromatic heterocycles. The van der Waals surface area contributed by atoms with Crippen LogP contribution in [-0.4, -0.2) is 10.2 Å². The van der Waals surface area contributed by atoms with Gasteiger partial charge in [-0.1, -0.05) is 25.5 Å². The van der Waals surface area contributed by atoms with Crippen LogP contribution in [0.1, 0.15) is 18.9 Å². The van der Waals surface area contributed by atoms with Crippen LogP contribution < -0.4 is 0 Å². The summed E-state index contributed by atoms with van der Waals surface area (Å²) in [5, 5.41) is 27.4. The van der Waals surface area contributed by atoms with E-state index >= 15 is 0 Å². The van der Waals surface area contributed by atoms with E-state index in [1.165, 1.54) is 24.3 Å². The van der Waals surface area contributed by atoms with E-state index in [9.17, 15) is 14.6 Å². The van der Waals surface area contributed by atoms with E-state index in [4.69, 9.17) is 0 Å². The highest BCUT2D eigenvalue weighted by Gasteiger charge is 2.11. The third kappa shape index (κ3) is 3.12. The normalized spacial score (nSPS) is 11.1. The maximum atomic E-state index is 13.0. The lowest BCUT2D eigenvalue weighted by Crippen LogP contribution is -1.84. The van der Waals surface area contributed by atoms with Gasteiger partial charge >= 0.3 is 0 Å². The molecule has 0 aliphatic rings. The van der Waals surface area contributed by atoms with Crippen molar-refractivity contribution in [2.75, 3.05) is 0 Å². The van der Waals surface area contributed by atoms with Gasteiger partial charge in [0.25, 0.3) is 0 Å². The van der Waals surface area contributed by atoms with E-state index in [1.807, 2.05) is 6.92 Å². The number of aryl methyl sites for hydroxylation is 1. The van der Waals surface area contributed by atoms with Crippen LogP contribution in [0, 0.1) is 5.82 Å². The maximum Gasteiger partial charge on any atom is 0.169 e. The zero-order chi connectivity index (χ0) is 14.5. The van der Waals surface area contributed by atoms with Gasteiger partial charge in [-0.05, 0) is 30.2 Å². The Morgan fingerprint density at radius 2 is 1.90 bits per heavy atom. The summed E-state index contributed by atoms with van der Waals surface area (Å²) >= 11 is 0. The number of rotatable bonds is 4. The summed E-state index contributed by atoms with van der Waals surface area (Å²) in [5.74, 6) is -0.677. The Morgan fingerprint density at radius 3 is 2.60 bits per heavy atom. The fourth-order valence-corrected chi connectivity index (χ4v) is 1.83. The first-order chi connectivity index (χ1) is 9.61. The van der Waals surface area contributed by atoms with E-state index in [0.29, 0.717) is 17.7 Å². The molecule has 0 saturated carbocycles. The van der Waals surface area contributed by atoms with Gasteiger partial charge in [-0.2, -0.15) is 5.11 Å². The average Bonchev–Trinajstić information content (AvgIpc) is 2.42. The molecule has 104 valence electrons. The highest BCUT2D eigenvalue weighted by molar-refractivity contribution is 5.64.